The number of rotatable bonds is 8. The van der Waals surface area contributed by atoms with Crippen molar-refractivity contribution >= 4 is 17.5 Å². The normalized spacial score (nSPS) is 10.1. The maximum Gasteiger partial charge on any atom is 0.262 e. The molecule has 0 aliphatic rings. The average molecular weight is 376 g/mol. The fourth-order valence-electron chi connectivity index (χ4n) is 2.56. The summed E-state index contributed by atoms with van der Waals surface area (Å²) in [6.07, 6.45) is 0. The van der Waals surface area contributed by atoms with Gasteiger partial charge in [-0.25, -0.2) is 0 Å². The van der Waals surface area contributed by atoms with E-state index in [4.69, 9.17) is 15.2 Å². The van der Waals surface area contributed by atoms with Crippen molar-refractivity contribution in [1.82, 2.24) is 0 Å². The van der Waals surface area contributed by atoms with E-state index in [9.17, 15) is 9.59 Å². The SMILES string of the molecule is NC(=O)c1ccccc1NC(=O)COc1ccccc1OCc1ccccc1. The van der Waals surface area contributed by atoms with Crippen LogP contribution in [0.2, 0.25) is 0 Å². The Hall–Kier alpha value is -3.80. The minimum Gasteiger partial charge on any atom is -0.485 e. The molecule has 0 unspecified atom stereocenters. The van der Waals surface area contributed by atoms with Crippen molar-refractivity contribution in [2.24, 2.45) is 5.73 Å². The molecule has 0 radical (unpaired) electrons. The Morgan fingerprint density at radius 3 is 2.11 bits per heavy atom. The lowest BCUT2D eigenvalue weighted by molar-refractivity contribution is -0.118. The minimum absolute atomic E-state index is 0.237. The van der Waals surface area contributed by atoms with Crippen molar-refractivity contribution in [2.75, 3.05) is 11.9 Å². The summed E-state index contributed by atoms with van der Waals surface area (Å²) in [7, 11) is 0. The molecule has 0 heterocycles. The molecule has 3 aromatic rings. The number of carbonyl (C=O) groups is 2. The van der Waals surface area contributed by atoms with Crippen molar-refractivity contribution in [2.45, 2.75) is 6.61 Å². The maximum absolute atomic E-state index is 12.2. The van der Waals surface area contributed by atoms with Crippen LogP contribution in [0.5, 0.6) is 11.5 Å². The molecule has 3 rings (SSSR count). The van der Waals surface area contributed by atoms with E-state index in [1.807, 2.05) is 36.4 Å². The molecule has 6 nitrogen and oxygen atoms in total. The van der Waals surface area contributed by atoms with Crippen molar-refractivity contribution in [3.63, 3.8) is 0 Å². The second-order valence-electron chi connectivity index (χ2n) is 5.97. The van der Waals surface area contributed by atoms with Crippen LogP contribution in [-0.4, -0.2) is 18.4 Å². The van der Waals surface area contributed by atoms with E-state index < -0.39 is 11.8 Å². The lowest BCUT2D eigenvalue weighted by Gasteiger charge is -2.13. The zero-order valence-electron chi connectivity index (χ0n) is 15.1. The number of amides is 2. The highest BCUT2D eigenvalue weighted by atomic mass is 16.5. The van der Waals surface area contributed by atoms with Gasteiger partial charge in [0.25, 0.3) is 11.8 Å². The second kappa shape index (κ2) is 9.23. The molecule has 0 aliphatic carbocycles. The summed E-state index contributed by atoms with van der Waals surface area (Å²) >= 11 is 0. The van der Waals surface area contributed by atoms with Crippen LogP contribution in [0.15, 0.2) is 78.9 Å². The van der Waals surface area contributed by atoms with Crippen molar-refractivity contribution < 1.29 is 19.1 Å². The van der Waals surface area contributed by atoms with Gasteiger partial charge >= 0.3 is 0 Å². The van der Waals surface area contributed by atoms with Gasteiger partial charge in [-0.3, -0.25) is 9.59 Å². The molecule has 0 saturated carbocycles. The molecule has 0 aromatic heterocycles. The van der Waals surface area contributed by atoms with E-state index in [0.29, 0.717) is 23.8 Å². The van der Waals surface area contributed by atoms with Crippen LogP contribution in [0.4, 0.5) is 5.69 Å². The van der Waals surface area contributed by atoms with Crippen molar-refractivity contribution in [3.8, 4) is 11.5 Å². The average Bonchev–Trinajstić information content (AvgIpc) is 2.72. The standard InChI is InChI=1S/C22H20N2O4/c23-22(26)17-10-4-5-11-18(17)24-21(25)15-28-20-13-7-6-12-19(20)27-14-16-8-2-1-3-9-16/h1-13H,14-15H2,(H2,23,26)(H,24,25). The monoisotopic (exact) mass is 376 g/mol. The van der Waals surface area contributed by atoms with Gasteiger partial charge in [0.2, 0.25) is 0 Å². The van der Waals surface area contributed by atoms with E-state index in [-0.39, 0.29) is 12.2 Å². The number of nitrogens with one attached hydrogen (secondary N) is 1. The van der Waals surface area contributed by atoms with E-state index in [2.05, 4.69) is 5.32 Å². The molecule has 28 heavy (non-hydrogen) atoms. The summed E-state index contributed by atoms with van der Waals surface area (Å²) in [4.78, 5) is 23.7. The number of hydrogen-bond acceptors (Lipinski definition) is 4. The van der Waals surface area contributed by atoms with Gasteiger partial charge in [0.15, 0.2) is 18.1 Å². The first-order chi connectivity index (χ1) is 13.6. The Bertz CT molecular complexity index is 958. The van der Waals surface area contributed by atoms with Crippen LogP contribution < -0.4 is 20.5 Å². The summed E-state index contributed by atoms with van der Waals surface area (Å²) in [6, 6.07) is 23.4. The number of primary amides is 1. The number of para-hydroxylation sites is 3. The number of hydrogen-bond donors (Lipinski definition) is 2. The molecule has 3 N–H and O–H groups in total. The molecule has 0 fully saturated rings. The van der Waals surface area contributed by atoms with Crippen LogP contribution in [0.25, 0.3) is 0 Å². The van der Waals surface area contributed by atoms with Gasteiger partial charge in [0.05, 0.1) is 11.3 Å². The summed E-state index contributed by atoms with van der Waals surface area (Å²) in [5.41, 5.74) is 6.93. The van der Waals surface area contributed by atoms with Crippen LogP contribution in [0, 0.1) is 0 Å². The summed E-state index contributed by atoms with van der Waals surface area (Å²) in [5, 5.41) is 2.63. The second-order valence-corrected chi connectivity index (χ2v) is 5.97. The highest BCUT2D eigenvalue weighted by molar-refractivity contribution is 6.03. The lowest BCUT2D eigenvalue weighted by atomic mass is 10.1. The molecule has 0 saturated heterocycles. The molecular weight excluding hydrogens is 356 g/mol. The number of benzene rings is 3. The molecule has 142 valence electrons. The van der Waals surface area contributed by atoms with Crippen LogP contribution in [0.3, 0.4) is 0 Å². The predicted molar refractivity (Wildman–Crippen MR) is 106 cm³/mol. The van der Waals surface area contributed by atoms with Crippen molar-refractivity contribution in [3.05, 3.63) is 90.0 Å². The zero-order chi connectivity index (χ0) is 19.8. The van der Waals surface area contributed by atoms with Gasteiger partial charge < -0.3 is 20.5 Å². The zero-order valence-corrected chi connectivity index (χ0v) is 15.1. The molecule has 2 amide bonds. The molecule has 0 bridgehead atoms. The highest BCUT2D eigenvalue weighted by Crippen LogP contribution is 2.27. The van der Waals surface area contributed by atoms with Crippen LogP contribution in [-0.2, 0) is 11.4 Å². The summed E-state index contributed by atoms with van der Waals surface area (Å²) in [6.45, 7) is 0.151. The van der Waals surface area contributed by atoms with Gasteiger partial charge in [-0.2, -0.15) is 0 Å². The van der Waals surface area contributed by atoms with E-state index >= 15 is 0 Å². The van der Waals surface area contributed by atoms with Crippen LogP contribution in [0.1, 0.15) is 15.9 Å². The predicted octanol–water partition coefficient (Wildman–Crippen LogP) is 3.38. The van der Waals surface area contributed by atoms with Crippen molar-refractivity contribution in [1.29, 1.82) is 0 Å². The third kappa shape index (κ3) is 5.11. The largest absolute Gasteiger partial charge is 0.485 e. The minimum atomic E-state index is -0.614. The Labute approximate surface area is 162 Å². The quantitative estimate of drug-likeness (QED) is 0.631. The first-order valence-electron chi connectivity index (χ1n) is 8.71. The summed E-state index contributed by atoms with van der Waals surface area (Å²) in [5.74, 6) is -0.0310. The highest BCUT2D eigenvalue weighted by Gasteiger charge is 2.12. The van der Waals surface area contributed by atoms with Gasteiger partial charge in [0.1, 0.15) is 6.61 Å². The van der Waals surface area contributed by atoms with Gasteiger partial charge in [-0.05, 0) is 29.8 Å². The third-order valence-electron chi connectivity index (χ3n) is 3.91. The first-order valence-corrected chi connectivity index (χ1v) is 8.71. The van der Waals surface area contributed by atoms with Gasteiger partial charge in [-0.15, -0.1) is 0 Å². The van der Waals surface area contributed by atoms with E-state index in [0.717, 1.165) is 5.56 Å². The fourth-order valence-corrected chi connectivity index (χ4v) is 2.56. The number of ether oxygens (including phenoxy) is 2. The Morgan fingerprint density at radius 2 is 1.39 bits per heavy atom. The smallest absolute Gasteiger partial charge is 0.262 e. The molecule has 6 heteroatoms. The Kier molecular flexibility index (Phi) is 6.25. The number of carbonyl (C=O) groups excluding carboxylic acids is 2. The molecule has 0 aliphatic heterocycles. The first kappa shape index (κ1) is 19.0. The topological polar surface area (TPSA) is 90.7 Å². The molecule has 3 aromatic carbocycles. The fraction of sp³-hybridized carbons (Fsp3) is 0.0909. The van der Waals surface area contributed by atoms with Crippen LogP contribution >= 0.6 is 0 Å². The van der Waals surface area contributed by atoms with E-state index in [1.54, 1.807) is 42.5 Å². The Balaban J connectivity index is 1.60. The number of nitrogens with two attached hydrogens (primary N) is 1. The van der Waals surface area contributed by atoms with Gasteiger partial charge in [0, 0.05) is 0 Å². The molecule has 0 spiro atoms. The third-order valence-corrected chi connectivity index (χ3v) is 3.91. The van der Waals surface area contributed by atoms with Gasteiger partial charge in [-0.1, -0.05) is 54.6 Å². The maximum atomic E-state index is 12.2. The lowest BCUT2D eigenvalue weighted by Crippen LogP contribution is -2.23. The number of anilines is 1. The molecule has 0 atom stereocenters. The molecular formula is C22H20N2O4. The summed E-state index contributed by atoms with van der Waals surface area (Å²) < 4.78 is 11.4. The van der Waals surface area contributed by atoms with E-state index in [1.165, 1.54) is 0 Å². The Morgan fingerprint density at radius 1 is 0.786 bits per heavy atom.